The molecule has 2 aromatic rings. The molecule has 29 heavy (non-hydrogen) atoms. The number of alkyl halides is 3. The molecule has 9 heteroatoms. The summed E-state index contributed by atoms with van der Waals surface area (Å²) in [6.45, 7) is -0.103. The highest BCUT2D eigenvalue weighted by Crippen LogP contribution is 2.36. The summed E-state index contributed by atoms with van der Waals surface area (Å²) in [5.41, 5.74) is 0.0155. The molecule has 0 aliphatic carbocycles. The number of morpholine rings is 1. The van der Waals surface area contributed by atoms with Crippen LogP contribution >= 0.6 is 11.6 Å². The minimum Gasteiger partial charge on any atom is -0.369 e. The van der Waals surface area contributed by atoms with Crippen molar-refractivity contribution in [1.29, 1.82) is 0 Å². The van der Waals surface area contributed by atoms with Crippen LogP contribution in [-0.4, -0.2) is 36.0 Å². The number of amides is 2. The van der Waals surface area contributed by atoms with Crippen LogP contribution in [0.3, 0.4) is 0 Å². The van der Waals surface area contributed by atoms with E-state index in [-0.39, 0.29) is 37.8 Å². The van der Waals surface area contributed by atoms with E-state index in [2.05, 4.69) is 5.32 Å². The van der Waals surface area contributed by atoms with Gasteiger partial charge < -0.3 is 15.0 Å². The molecule has 5 nitrogen and oxygen atoms in total. The lowest BCUT2D eigenvalue weighted by atomic mass is 10.1. The van der Waals surface area contributed by atoms with Crippen LogP contribution in [-0.2, 0) is 33.6 Å². The van der Waals surface area contributed by atoms with Gasteiger partial charge in [0.15, 0.2) is 0 Å². The van der Waals surface area contributed by atoms with E-state index < -0.39 is 28.7 Å². The Morgan fingerprint density at radius 1 is 1.17 bits per heavy atom. The SMILES string of the molecule is O=C(NCc1cccc(C(F)(F)F)c1Cl)C1COCC(=O)N1Cc1ccccc1. The summed E-state index contributed by atoms with van der Waals surface area (Å²) in [6.07, 6.45) is -4.59. The molecule has 1 aliphatic rings. The fourth-order valence-electron chi connectivity index (χ4n) is 3.04. The van der Waals surface area contributed by atoms with Gasteiger partial charge in [-0.05, 0) is 17.2 Å². The molecule has 154 valence electrons. The summed E-state index contributed by atoms with van der Waals surface area (Å²) >= 11 is 5.86. The van der Waals surface area contributed by atoms with Crippen LogP contribution in [0.2, 0.25) is 5.02 Å². The quantitative estimate of drug-likeness (QED) is 0.797. The molecule has 1 unspecified atom stereocenters. The van der Waals surface area contributed by atoms with E-state index in [9.17, 15) is 22.8 Å². The number of nitrogens with one attached hydrogen (secondary N) is 1. The first-order chi connectivity index (χ1) is 13.8. The number of nitrogens with zero attached hydrogens (tertiary/aromatic N) is 1. The normalized spacial score (nSPS) is 17.3. The topological polar surface area (TPSA) is 58.6 Å². The van der Waals surface area contributed by atoms with Crippen LogP contribution in [0, 0.1) is 0 Å². The molecule has 1 heterocycles. The first-order valence-electron chi connectivity index (χ1n) is 8.81. The van der Waals surface area contributed by atoms with Gasteiger partial charge in [0, 0.05) is 13.1 Å². The first kappa shape index (κ1) is 21.1. The lowest BCUT2D eigenvalue weighted by molar-refractivity contribution is -0.155. The van der Waals surface area contributed by atoms with Gasteiger partial charge in [-0.1, -0.05) is 54.1 Å². The van der Waals surface area contributed by atoms with Crippen LogP contribution in [0.1, 0.15) is 16.7 Å². The zero-order chi connectivity index (χ0) is 21.0. The van der Waals surface area contributed by atoms with Gasteiger partial charge >= 0.3 is 6.18 Å². The molecule has 1 fully saturated rings. The molecule has 0 aromatic heterocycles. The Morgan fingerprint density at radius 3 is 2.59 bits per heavy atom. The highest BCUT2D eigenvalue weighted by molar-refractivity contribution is 6.32. The third kappa shape index (κ3) is 5.07. The van der Waals surface area contributed by atoms with Crippen LogP contribution in [0.25, 0.3) is 0 Å². The molecular weight excluding hydrogens is 409 g/mol. The average molecular weight is 427 g/mol. The van der Waals surface area contributed by atoms with Crippen molar-refractivity contribution in [2.75, 3.05) is 13.2 Å². The molecule has 3 rings (SSSR count). The Labute approximate surface area is 170 Å². The second-order valence-electron chi connectivity index (χ2n) is 6.53. The van der Waals surface area contributed by atoms with Gasteiger partial charge in [0.05, 0.1) is 17.2 Å². The largest absolute Gasteiger partial charge is 0.417 e. The molecule has 0 bridgehead atoms. The highest BCUT2D eigenvalue weighted by atomic mass is 35.5. The minimum absolute atomic E-state index is 0.000724. The lowest BCUT2D eigenvalue weighted by Gasteiger charge is -2.34. The van der Waals surface area contributed by atoms with Gasteiger partial charge in [0.2, 0.25) is 11.8 Å². The number of benzene rings is 2. The van der Waals surface area contributed by atoms with Crippen molar-refractivity contribution >= 4 is 23.4 Å². The molecule has 0 saturated carbocycles. The summed E-state index contributed by atoms with van der Waals surface area (Å²) in [6, 6.07) is 11.8. The van der Waals surface area contributed by atoms with Crippen molar-refractivity contribution in [3.63, 3.8) is 0 Å². The minimum atomic E-state index is -4.59. The van der Waals surface area contributed by atoms with Crippen molar-refractivity contribution in [2.45, 2.75) is 25.3 Å². The molecule has 0 radical (unpaired) electrons. The maximum atomic E-state index is 13.0. The summed E-state index contributed by atoms with van der Waals surface area (Å²) < 4.78 is 44.2. The Morgan fingerprint density at radius 2 is 1.90 bits per heavy atom. The second kappa shape index (κ2) is 8.84. The second-order valence-corrected chi connectivity index (χ2v) is 6.91. The fourth-order valence-corrected chi connectivity index (χ4v) is 3.34. The molecule has 1 saturated heterocycles. The number of rotatable bonds is 5. The van der Waals surface area contributed by atoms with Crippen molar-refractivity contribution in [3.05, 3.63) is 70.2 Å². The van der Waals surface area contributed by atoms with Gasteiger partial charge in [-0.25, -0.2) is 0 Å². The first-order valence-corrected chi connectivity index (χ1v) is 9.18. The van der Waals surface area contributed by atoms with Crippen molar-refractivity contribution in [3.8, 4) is 0 Å². The van der Waals surface area contributed by atoms with Crippen molar-refractivity contribution < 1.29 is 27.5 Å². The predicted molar refractivity (Wildman–Crippen MR) is 99.9 cm³/mol. The average Bonchev–Trinajstić information content (AvgIpc) is 2.68. The molecule has 1 aliphatic heterocycles. The summed E-state index contributed by atoms with van der Waals surface area (Å²) in [5, 5.41) is 2.10. The molecule has 2 aromatic carbocycles. The third-order valence-corrected chi connectivity index (χ3v) is 4.98. The maximum Gasteiger partial charge on any atom is 0.417 e. The number of carbonyl (C=O) groups is 2. The highest BCUT2D eigenvalue weighted by Gasteiger charge is 2.35. The summed E-state index contributed by atoms with van der Waals surface area (Å²) in [5.74, 6) is -0.861. The van der Waals surface area contributed by atoms with E-state index in [1.807, 2.05) is 30.3 Å². The Hall–Kier alpha value is -2.58. The van der Waals surface area contributed by atoms with E-state index in [1.54, 1.807) is 0 Å². The summed E-state index contributed by atoms with van der Waals surface area (Å²) in [4.78, 5) is 26.3. The lowest BCUT2D eigenvalue weighted by Crippen LogP contribution is -2.55. The van der Waals surface area contributed by atoms with Crippen molar-refractivity contribution in [1.82, 2.24) is 10.2 Å². The van der Waals surface area contributed by atoms with Gasteiger partial charge in [0.1, 0.15) is 12.6 Å². The van der Waals surface area contributed by atoms with Gasteiger partial charge in [-0.2, -0.15) is 13.2 Å². The van der Waals surface area contributed by atoms with E-state index in [1.165, 1.54) is 17.0 Å². The molecule has 2 amide bonds. The Bertz CT molecular complexity index is 890. The summed E-state index contributed by atoms with van der Waals surface area (Å²) in [7, 11) is 0. The predicted octanol–water partition coefficient (Wildman–Crippen LogP) is 3.40. The van der Waals surface area contributed by atoms with Crippen LogP contribution in [0.15, 0.2) is 48.5 Å². The van der Waals surface area contributed by atoms with Crippen LogP contribution in [0.5, 0.6) is 0 Å². The van der Waals surface area contributed by atoms with E-state index in [4.69, 9.17) is 16.3 Å². The standard InChI is InChI=1S/C20H18ClF3N2O3/c21-18-14(7-4-8-15(18)20(22,23)24)9-25-19(28)16-11-29-12-17(27)26(16)10-13-5-2-1-3-6-13/h1-8,16H,9-12H2,(H,25,28). The zero-order valence-corrected chi connectivity index (χ0v) is 16.0. The van der Waals surface area contributed by atoms with Gasteiger partial charge in [-0.3, -0.25) is 9.59 Å². The molecular formula is C20H18ClF3N2O3. The number of hydrogen-bond donors (Lipinski definition) is 1. The molecule has 0 spiro atoms. The van der Waals surface area contributed by atoms with Crippen LogP contribution < -0.4 is 5.32 Å². The van der Waals surface area contributed by atoms with Crippen LogP contribution in [0.4, 0.5) is 13.2 Å². The molecule has 1 atom stereocenters. The van der Waals surface area contributed by atoms with Gasteiger partial charge in [-0.15, -0.1) is 0 Å². The Kier molecular flexibility index (Phi) is 6.44. The van der Waals surface area contributed by atoms with Gasteiger partial charge in [0.25, 0.3) is 0 Å². The number of halogens is 4. The fraction of sp³-hybridized carbons (Fsp3) is 0.300. The number of hydrogen-bond acceptors (Lipinski definition) is 3. The zero-order valence-electron chi connectivity index (χ0n) is 15.2. The monoisotopic (exact) mass is 426 g/mol. The Balaban J connectivity index is 1.71. The van der Waals surface area contributed by atoms with E-state index in [0.29, 0.717) is 0 Å². The smallest absolute Gasteiger partial charge is 0.369 e. The van der Waals surface area contributed by atoms with Crippen molar-refractivity contribution in [2.24, 2.45) is 0 Å². The number of ether oxygens (including phenoxy) is 1. The maximum absolute atomic E-state index is 13.0. The number of carbonyl (C=O) groups excluding carboxylic acids is 2. The van der Waals surface area contributed by atoms with E-state index >= 15 is 0 Å². The molecule has 1 N–H and O–H groups in total. The van der Waals surface area contributed by atoms with E-state index in [0.717, 1.165) is 11.6 Å². The third-order valence-electron chi connectivity index (χ3n) is 4.53.